The number of rotatable bonds is 3. The third-order valence-electron chi connectivity index (χ3n) is 5.17. The highest BCUT2D eigenvalue weighted by Gasteiger charge is 2.38. The van der Waals surface area contributed by atoms with Gasteiger partial charge in [0.1, 0.15) is 13.2 Å². The van der Waals surface area contributed by atoms with Crippen LogP contribution in [0.5, 0.6) is 11.5 Å². The zero-order chi connectivity index (χ0) is 14.9. The van der Waals surface area contributed by atoms with Gasteiger partial charge in [0.25, 0.3) is 5.91 Å². The van der Waals surface area contributed by atoms with Crippen LogP contribution in [0.3, 0.4) is 0 Å². The third kappa shape index (κ3) is 2.43. The third-order valence-corrected chi connectivity index (χ3v) is 5.17. The molecule has 1 aromatic carbocycles. The van der Waals surface area contributed by atoms with Gasteiger partial charge < -0.3 is 20.1 Å². The van der Waals surface area contributed by atoms with Crippen molar-refractivity contribution in [2.24, 2.45) is 11.8 Å². The first-order valence-corrected chi connectivity index (χ1v) is 8.23. The summed E-state index contributed by atoms with van der Waals surface area (Å²) in [5.74, 6) is 2.69. The summed E-state index contributed by atoms with van der Waals surface area (Å²) in [6, 6.07) is 5.88. The van der Waals surface area contributed by atoms with E-state index < -0.39 is 0 Å². The number of hydrogen-bond donors (Lipinski definition) is 2. The normalized spacial score (nSPS) is 29.2. The van der Waals surface area contributed by atoms with Crippen molar-refractivity contribution >= 4 is 5.91 Å². The highest BCUT2D eigenvalue weighted by molar-refractivity contribution is 5.97. The summed E-state index contributed by atoms with van der Waals surface area (Å²) in [5, 5.41) is 6.62. The minimum absolute atomic E-state index is 0.0782. The molecule has 4 rings (SSSR count). The van der Waals surface area contributed by atoms with Crippen molar-refractivity contribution in [3.05, 3.63) is 23.8 Å². The maximum Gasteiger partial charge on any atom is 0.255 e. The Labute approximate surface area is 130 Å². The largest absolute Gasteiger partial charge is 0.486 e. The summed E-state index contributed by atoms with van der Waals surface area (Å²) >= 11 is 0. The van der Waals surface area contributed by atoms with Crippen LogP contribution in [0.4, 0.5) is 0 Å². The number of ether oxygens (including phenoxy) is 2. The highest BCUT2D eigenvalue weighted by Crippen LogP contribution is 2.37. The van der Waals surface area contributed by atoms with Crippen LogP contribution in [0, 0.1) is 11.8 Å². The van der Waals surface area contributed by atoms with Crippen molar-refractivity contribution in [1.82, 2.24) is 10.6 Å². The molecule has 0 bridgehead atoms. The fourth-order valence-electron chi connectivity index (χ4n) is 4.08. The van der Waals surface area contributed by atoms with E-state index in [1.54, 1.807) is 6.07 Å². The highest BCUT2D eigenvalue weighted by atomic mass is 16.6. The summed E-state index contributed by atoms with van der Waals surface area (Å²) in [5.41, 5.74) is 0.568. The van der Waals surface area contributed by atoms with Crippen molar-refractivity contribution in [1.29, 1.82) is 0 Å². The first kappa shape index (κ1) is 13.9. The Bertz CT molecular complexity index is 575. The van der Waals surface area contributed by atoms with Crippen molar-refractivity contribution in [2.75, 3.05) is 26.3 Å². The molecule has 1 saturated heterocycles. The van der Waals surface area contributed by atoms with Gasteiger partial charge in [-0.05, 0) is 43.4 Å². The first-order chi connectivity index (χ1) is 10.8. The van der Waals surface area contributed by atoms with Crippen LogP contribution in [0.15, 0.2) is 18.2 Å². The first-order valence-electron chi connectivity index (χ1n) is 8.23. The fraction of sp³-hybridized carbons (Fsp3) is 0.588. The lowest BCUT2D eigenvalue weighted by Gasteiger charge is -2.22. The van der Waals surface area contributed by atoms with Gasteiger partial charge in [0.15, 0.2) is 11.5 Å². The van der Waals surface area contributed by atoms with E-state index >= 15 is 0 Å². The second-order valence-electron chi connectivity index (χ2n) is 6.41. The quantitative estimate of drug-likeness (QED) is 0.890. The number of nitrogens with one attached hydrogen (secondary N) is 2. The monoisotopic (exact) mass is 302 g/mol. The maximum absolute atomic E-state index is 12.5. The molecule has 2 heterocycles. The minimum atomic E-state index is -0.0782. The van der Waals surface area contributed by atoms with Crippen LogP contribution >= 0.6 is 0 Å². The van der Waals surface area contributed by atoms with Gasteiger partial charge in [-0.1, -0.05) is 12.5 Å². The van der Waals surface area contributed by atoms with Crippen LogP contribution in [-0.2, 0) is 0 Å². The minimum Gasteiger partial charge on any atom is -0.486 e. The summed E-state index contributed by atoms with van der Waals surface area (Å²) in [6.07, 6.45) is 3.95. The van der Waals surface area contributed by atoms with E-state index in [-0.39, 0.29) is 5.91 Å². The van der Waals surface area contributed by atoms with E-state index in [9.17, 15) is 4.79 Å². The Kier molecular flexibility index (Phi) is 3.66. The molecule has 5 heteroatoms. The molecule has 1 aliphatic carbocycles. The molecule has 1 amide bonds. The van der Waals surface area contributed by atoms with E-state index in [0.29, 0.717) is 42.9 Å². The molecule has 2 aliphatic heterocycles. The molecule has 3 atom stereocenters. The fourth-order valence-corrected chi connectivity index (χ4v) is 4.08. The number of amides is 1. The average Bonchev–Trinajstić information content (AvgIpc) is 3.16. The molecule has 0 unspecified atom stereocenters. The smallest absolute Gasteiger partial charge is 0.255 e. The second-order valence-corrected chi connectivity index (χ2v) is 6.41. The van der Waals surface area contributed by atoms with Gasteiger partial charge in [0.2, 0.25) is 0 Å². The van der Waals surface area contributed by atoms with Gasteiger partial charge in [-0.15, -0.1) is 0 Å². The molecule has 5 nitrogen and oxygen atoms in total. The van der Waals surface area contributed by atoms with E-state index in [1.165, 1.54) is 19.3 Å². The second kappa shape index (κ2) is 5.80. The Balaban J connectivity index is 1.42. The van der Waals surface area contributed by atoms with Gasteiger partial charge in [-0.2, -0.15) is 0 Å². The Hall–Kier alpha value is -1.75. The molecular formula is C17H22N2O3. The van der Waals surface area contributed by atoms with Crippen LogP contribution in [0.2, 0.25) is 0 Å². The number of benzene rings is 1. The van der Waals surface area contributed by atoms with Crippen LogP contribution < -0.4 is 20.1 Å². The van der Waals surface area contributed by atoms with Gasteiger partial charge in [0, 0.05) is 12.6 Å². The molecule has 0 radical (unpaired) electrons. The van der Waals surface area contributed by atoms with Crippen LogP contribution in [0.25, 0.3) is 0 Å². The van der Waals surface area contributed by atoms with Gasteiger partial charge in [0.05, 0.1) is 5.56 Å². The number of fused-ring (bicyclic) bond motifs is 2. The SMILES string of the molecule is O=C(NC[C@H]1NC[C@@H]2CCC[C@@H]21)c1cccc2c1OCCO2. The average molecular weight is 302 g/mol. The molecule has 3 aliphatic rings. The zero-order valence-electron chi connectivity index (χ0n) is 12.6. The lowest BCUT2D eigenvalue weighted by atomic mass is 9.94. The van der Waals surface area contributed by atoms with E-state index in [2.05, 4.69) is 10.6 Å². The Morgan fingerprint density at radius 2 is 2.18 bits per heavy atom. The molecular weight excluding hydrogens is 280 g/mol. The molecule has 118 valence electrons. The molecule has 0 spiro atoms. The summed E-state index contributed by atoms with van der Waals surface area (Å²) in [4.78, 5) is 12.5. The standard InChI is InChI=1S/C17H22N2O3/c20-17(13-5-2-6-15-16(13)22-8-7-21-15)19-10-14-12-4-1-3-11(12)9-18-14/h2,5-6,11-12,14,18H,1,3-4,7-10H2,(H,19,20)/t11-,12-,14+/m0/s1. The van der Waals surface area contributed by atoms with Crippen LogP contribution in [-0.4, -0.2) is 38.3 Å². The molecule has 2 fully saturated rings. The number of hydrogen-bond acceptors (Lipinski definition) is 4. The number of para-hydroxylation sites is 1. The van der Waals surface area contributed by atoms with E-state index in [1.807, 2.05) is 12.1 Å². The number of carbonyl (C=O) groups is 1. The maximum atomic E-state index is 12.5. The molecule has 1 saturated carbocycles. The Morgan fingerprint density at radius 3 is 3.14 bits per heavy atom. The molecule has 2 N–H and O–H groups in total. The molecule has 1 aromatic rings. The van der Waals surface area contributed by atoms with E-state index in [0.717, 1.165) is 18.4 Å². The summed E-state index contributed by atoms with van der Waals surface area (Å²) in [6.45, 7) is 2.81. The summed E-state index contributed by atoms with van der Waals surface area (Å²) in [7, 11) is 0. The molecule has 0 aromatic heterocycles. The predicted molar refractivity (Wildman–Crippen MR) is 82.4 cm³/mol. The van der Waals surface area contributed by atoms with Crippen molar-refractivity contribution < 1.29 is 14.3 Å². The van der Waals surface area contributed by atoms with E-state index in [4.69, 9.17) is 9.47 Å². The summed E-state index contributed by atoms with van der Waals surface area (Å²) < 4.78 is 11.1. The Morgan fingerprint density at radius 1 is 1.27 bits per heavy atom. The van der Waals surface area contributed by atoms with Crippen molar-refractivity contribution in [3.8, 4) is 11.5 Å². The molecule has 22 heavy (non-hydrogen) atoms. The number of carbonyl (C=O) groups excluding carboxylic acids is 1. The topological polar surface area (TPSA) is 59.6 Å². The van der Waals surface area contributed by atoms with Crippen molar-refractivity contribution in [2.45, 2.75) is 25.3 Å². The van der Waals surface area contributed by atoms with Gasteiger partial charge >= 0.3 is 0 Å². The van der Waals surface area contributed by atoms with Crippen LogP contribution in [0.1, 0.15) is 29.6 Å². The van der Waals surface area contributed by atoms with Crippen molar-refractivity contribution in [3.63, 3.8) is 0 Å². The zero-order valence-corrected chi connectivity index (χ0v) is 12.6. The predicted octanol–water partition coefficient (Wildman–Crippen LogP) is 1.58. The van der Waals surface area contributed by atoms with Gasteiger partial charge in [-0.25, -0.2) is 0 Å². The lowest BCUT2D eigenvalue weighted by molar-refractivity contribution is 0.0936. The lowest BCUT2D eigenvalue weighted by Crippen LogP contribution is -2.40. The van der Waals surface area contributed by atoms with Gasteiger partial charge in [-0.3, -0.25) is 4.79 Å².